The van der Waals surface area contributed by atoms with Crippen LogP contribution in [0.15, 0.2) is 34.1 Å². The Bertz CT molecular complexity index is 1130. The highest BCUT2D eigenvalue weighted by molar-refractivity contribution is 5.99. The summed E-state index contributed by atoms with van der Waals surface area (Å²) < 4.78 is 30.5. The zero-order chi connectivity index (χ0) is 18.5. The average molecular weight is 348 g/mol. The summed E-state index contributed by atoms with van der Waals surface area (Å²) in [4.78, 5) is 40.9. The van der Waals surface area contributed by atoms with Gasteiger partial charge in [-0.2, -0.15) is 0 Å². The van der Waals surface area contributed by atoms with Crippen molar-refractivity contribution in [1.29, 1.82) is 0 Å². The minimum atomic E-state index is -1.02. The van der Waals surface area contributed by atoms with E-state index in [1.807, 2.05) is 0 Å². The van der Waals surface area contributed by atoms with Gasteiger partial charge in [-0.05, 0) is 25.1 Å². The lowest BCUT2D eigenvalue weighted by Crippen LogP contribution is -2.38. The van der Waals surface area contributed by atoms with E-state index >= 15 is 0 Å². The number of carbonyl (C=O) groups is 1. The maximum atomic E-state index is 13.9. The molecule has 0 N–H and O–H groups in total. The molecule has 1 aromatic carbocycles. The minimum Gasteiger partial charge on any atom is -0.314 e. The number of rotatable bonds is 3. The Morgan fingerprint density at radius 1 is 1.16 bits per heavy atom. The van der Waals surface area contributed by atoms with Crippen LogP contribution in [0.25, 0.3) is 11.2 Å². The fraction of sp³-hybridized carbons (Fsp3) is 0.250. The monoisotopic (exact) mass is 348 g/mol. The van der Waals surface area contributed by atoms with Gasteiger partial charge in [-0.3, -0.25) is 18.7 Å². The Morgan fingerprint density at radius 3 is 2.52 bits per heavy atom. The van der Waals surface area contributed by atoms with E-state index in [0.717, 1.165) is 22.8 Å². The van der Waals surface area contributed by atoms with Crippen molar-refractivity contribution in [2.24, 2.45) is 14.1 Å². The maximum Gasteiger partial charge on any atom is 0.332 e. The van der Waals surface area contributed by atoms with E-state index in [1.54, 1.807) is 0 Å². The van der Waals surface area contributed by atoms with E-state index in [9.17, 15) is 23.2 Å². The van der Waals surface area contributed by atoms with Crippen LogP contribution in [-0.4, -0.2) is 24.5 Å². The van der Waals surface area contributed by atoms with Gasteiger partial charge in [-0.15, -0.1) is 0 Å². The van der Waals surface area contributed by atoms with Crippen molar-refractivity contribution in [3.8, 4) is 0 Å². The van der Waals surface area contributed by atoms with Gasteiger partial charge in [0.25, 0.3) is 5.56 Å². The van der Waals surface area contributed by atoms with E-state index in [0.29, 0.717) is 0 Å². The fourth-order valence-corrected chi connectivity index (χ4v) is 2.70. The van der Waals surface area contributed by atoms with Gasteiger partial charge >= 0.3 is 5.69 Å². The third-order valence-electron chi connectivity index (χ3n) is 4.16. The average Bonchev–Trinajstić information content (AvgIpc) is 3.04. The van der Waals surface area contributed by atoms with Crippen LogP contribution in [0.5, 0.6) is 0 Å². The topological polar surface area (TPSA) is 78.9 Å². The summed E-state index contributed by atoms with van der Waals surface area (Å²) in [5.74, 6) is -2.32. The number of fused-ring (bicyclic) bond motifs is 1. The number of hydrogen-bond donors (Lipinski definition) is 0. The van der Waals surface area contributed by atoms with Gasteiger partial charge in [-0.1, -0.05) is 0 Å². The van der Waals surface area contributed by atoms with Crippen molar-refractivity contribution in [1.82, 2.24) is 18.7 Å². The molecule has 0 amide bonds. The number of aryl methyl sites for hydroxylation is 1. The van der Waals surface area contributed by atoms with Crippen LogP contribution in [0.2, 0.25) is 0 Å². The molecule has 9 heteroatoms. The summed E-state index contributed by atoms with van der Waals surface area (Å²) in [7, 11) is 2.75. The molecule has 1 unspecified atom stereocenters. The molecule has 1 atom stereocenters. The first kappa shape index (κ1) is 16.7. The molecule has 2 aromatic heterocycles. The first-order valence-electron chi connectivity index (χ1n) is 7.36. The summed E-state index contributed by atoms with van der Waals surface area (Å²) in [6, 6.07) is 1.56. The predicted molar refractivity (Wildman–Crippen MR) is 85.6 cm³/mol. The molecule has 0 aliphatic rings. The van der Waals surface area contributed by atoms with Gasteiger partial charge in [0.05, 0.1) is 17.9 Å². The third-order valence-corrected chi connectivity index (χ3v) is 4.16. The van der Waals surface area contributed by atoms with Gasteiger partial charge in [0.2, 0.25) is 0 Å². The molecule has 2 heterocycles. The Hall–Kier alpha value is -3.10. The van der Waals surface area contributed by atoms with E-state index in [2.05, 4.69) is 4.98 Å². The normalized spacial score (nSPS) is 12.5. The van der Waals surface area contributed by atoms with E-state index in [1.165, 1.54) is 36.5 Å². The van der Waals surface area contributed by atoms with E-state index in [4.69, 9.17) is 0 Å². The number of hydrogen-bond acceptors (Lipinski definition) is 4. The molecule has 0 fully saturated rings. The van der Waals surface area contributed by atoms with Crippen LogP contribution in [0.4, 0.5) is 8.78 Å². The summed E-state index contributed by atoms with van der Waals surface area (Å²) in [5.41, 5.74) is -1.47. The largest absolute Gasteiger partial charge is 0.332 e. The number of aromatic nitrogens is 4. The van der Waals surface area contributed by atoms with E-state index in [-0.39, 0.29) is 11.2 Å². The fourth-order valence-electron chi connectivity index (χ4n) is 2.70. The van der Waals surface area contributed by atoms with Crippen molar-refractivity contribution in [2.75, 3.05) is 0 Å². The Balaban J connectivity index is 2.20. The minimum absolute atomic E-state index is 0.0299. The number of imidazole rings is 1. The molecule has 0 bridgehead atoms. The lowest BCUT2D eigenvalue weighted by molar-refractivity contribution is 0.0932. The van der Waals surface area contributed by atoms with Gasteiger partial charge in [0.1, 0.15) is 11.6 Å². The second kappa shape index (κ2) is 5.76. The quantitative estimate of drug-likeness (QED) is 0.666. The molecule has 0 aliphatic heterocycles. The van der Waals surface area contributed by atoms with Crippen LogP contribution in [0, 0.1) is 11.6 Å². The first-order chi connectivity index (χ1) is 11.7. The molecule has 3 aromatic rings. The molecular weight excluding hydrogens is 334 g/mol. The molecule has 0 radical (unpaired) electrons. The molecule has 25 heavy (non-hydrogen) atoms. The highest BCUT2D eigenvalue weighted by atomic mass is 19.1. The van der Waals surface area contributed by atoms with Gasteiger partial charge in [-0.25, -0.2) is 18.6 Å². The Kier molecular flexibility index (Phi) is 3.86. The van der Waals surface area contributed by atoms with Crippen LogP contribution < -0.4 is 11.2 Å². The summed E-state index contributed by atoms with van der Waals surface area (Å²) in [5, 5.41) is 0. The molecule has 7 nitrogen and oxygen atoms in total. The second-order valence-electron chi connectivity index (χ2n) is 5.69. The van der Waals surface area contributed by atoms with Crippen molar-refractivity contribution in [2.45, 2.75) is 13.0 Å². The number of Topliss-reactive ketones (excluding diaryl/α,β-unsaturated/α-hetero) is 1. The van der Waals surface area contributed by atoms with Crippen molar-refractivity contribution >= 4 is 16.9 Å². The van der Waals surface area contributed by atoms with Crippen LogP contribution in [0.1, 0.15) is 23.3 Å². The molecule has 0 spiro atoms. The molecule has 0 aliphatic carbocycles. The van der Waals surface area contributed by atoms with Crippen LogP contribution in [0.3, 0.4) is 0 Å². The zero-order valence-electron chi connectivity index (χ0n) is 13.7. The number of nitrogens with zero attached hydrogens (tertiary/aromatic N) is 4. The number of ketones is 1. The van der Waals surface area contributed by atoms with Crippen molar-refractivity contribution < 1.29 is 13.6 Å². The van der Waals surface area contributed by atoms with E-state index < -0.39 is 40.3 Å². The highest BCUT2D eigenvalue weighted by Gasteiger charge is 2.24. The molecule has 0 saturated heterocycles. The summed E-state index contributed by atoms with van der Waals surface area (Å²) in [6.07, 6.45) is 1.23. The standard InChI is InChI=1S/C16H14F2N4O3/c1-8(13(23)10-6-9(17)4-5-11(10)18)22-7-19-14-12(22)15(24)21(3)16(25)20(14)2/h4-8H,1-3H3. The van der Waals surface area contributed by atoms with Crippen LogP contribution >= 0.6 is 0 Å². The smallest absolute Gasteiger partial charge is 0.314 e. The lowest BCUT2D eigenvalue weighted by atomic mass is 10.0. The lowest BCUT2D eigenvalue weighted by Gasteiger charge is -2.14. The number of carbonyl (C=O) groups excluding carboxylic acids is 1. The van der Waals surface area contributed by atoms with Gasteiger partial charge in [0.15, 0.2) is 16.9 Å². The summed E-state index contributed by atoms with van der Waals surface area (Å²) >= 11 is 0. The SMILES string of the molecule is CC(C(=O)c1cc(F)ccc1F)n1cnc2c1c(=O)n(C)c(=O)n2C. The Morgan fingerprint density at radius 2 is 1.84 bits per heavy atom. The Labute approximate surface area is 139 Å². The molecule has 130 valence electrons. The van der Waals surface area contributed by atoms with Crippen molar-refractivity contribution in [3.63, 3.8) is 0 Å². The van der Waals surface area contributed by atoms with Gasteiger partial charge in [0, 0.05) is 14.1 Å². The molecular formula is C16H14F2N4O3. The third kappa shape index (κ3) is 2.48. The molecule has 0 saturated carbocycles. The van der Waals surface area contributed by atoms with Crippen molar-refractivity contribution in [3.05, 3.63) is 62.6 Å². The zero-order valence-corrected chi connectivity index (χ0v) is 13.7. The highest BCUT2D eigenvalue weighted by Crippen LogP contribution is 2.20. The number of halogens is 2. The number of benzene rings is 1. The summed E-state index contributed by atoms with van der Waals surface area (Å²) in [6.45, 7) is 1.44. The molecule has 3 rings (SSSR count). The van der Waals surface area contributed by atoms with Gasteiger partial charge < -0.3 is 4.57 Å². The van der Waals surface area contributed by atoms with Crippen LogP contribution in [-0.2, 0) is 14.1 Å². The maximum absolute atomic E-state index is 13.9. The predicted octanol–water partition coefficient (Wildman–Crippen LogP) is 1.16. The second-order valence-corrected chi connectivity index (χ2v) is 5.69. The first-order valence-corrected chi connectivity index (χ1v) is 7.36.